The Labute approximate surface area is 160 Å². The molecule has 1 aromatic carbocycles. The van der Waals surface area contributed by atoms with E-state index in [1.807, 2.05) is 17.0 Å². The summed E-state index contributed by atoms with van der Waals surface area (Å²) in [6, 6.07) is 10.2. The van der Waals surface area contributed by atoms with Gasteiger partial charge in [0.05, 0.1) is 4.90 Å². The van der Waals surface area contributed by atoms with E-state index in [2.05, 4.69) is 19.1 Å². The van der Waals surface area contributed by atoms with E-state index in [1.54, 1.807) is 12.1 Å². The Bertz CT molecular complexity index is 784. The fourth-order valence-electron chi connectivity index (χ4n) is 2.48. The first-order chi connectivity index (χ1) is 11.4. The number of ketones is 1. The van der Waals surface area contributed by atoms with E-state index in [9.17, 15) is 13.2 Å². The van der Waals surface area contributed by atoms with Crippen LogP contribution in [0.2, 0.25) is 0 Å². The number of benzene rings is 1. The van der Waals surface area contributed by atoms with Gasteiger partial charge in [-0.3, -0.25) is 4.79 Å². The SMILES string of the molecule is CCCCCc1cc[n+](CC(=O)c2ccc(S(C)(=O)=O)cc2)cc1.[Br-]. The molecule has 0 saturated heterocycles. The molecule has 6 heteroatoms. The predicted molar refractivity (Wildman–Crippen MR) is 93.7 cm³/mol. The third kappa shape index (κ3) is 6.71. The summed E-state index contributed by atoms with van der Waals surface area (Å²) < 4.78 is 24.7. The van der Waals surface area contributed by atoms with E-state index in [0.717, 1.165) is 12.7 Å². The molecule has 0 atom stereocenters. The number of unbranched alkanes of at least 4 members (excludes halogenated alkanes) is 2. The Morgan fingerprint density at radius 2 is 1.60 bits per heavy atom. The Morgan fingerprint density at radius 1 is 1.00 bits per heavy atom. The number of hydrogen-bond acceptors (Lipinski definition) is 3. The van der Waals surface area contributed by atoms with Crippen molar-refractivity contribution in [1.82, 2.24) is 0 Å². The van der Waals surface area contributed by atoms with Crippen LogP contribution in [0.15, 0.2) is 53.7 Å². The van der Waals surface area contributed by atoms with Gasteiger partial charge in [-0.25, -0.2) is 8.42 Å². The second-order valence-electron chi connectivity index (χ2n) is 6.06. The van der Waals surface area contributed by atoms with Gasteiger partial charge in [0, 0.05) is 24.0 Å². The van der Waals surface area contributed by atoms with Crippen LogP contribution < -0.4 is 21.5 Å². The molecule has 0 unspecified atom stereocenters. The van der Waals surface area contributed by atoms with E-state index >= 15 is 0 Å². The number of hydrogen-bond donors (Lipinski definition) is 0. The van der Waals surface area contributed by atoms with E-state index < -0.39 is 9.84 Å². The van der Waals surface area contributed by atoms with Crippen LogP contribution in [0.3, 0.4) is 0 Å². The average molecular weight is 426 g/mol. The number of aryl methyl sites for hydroxylation is 1. The zero-order valence-electron chi connectivity index (χ0n) is 14.6. The molecule has 1 heterocycles. The van der Waals surface area contributed by atoms with E-state index in [-0.39, 0.29) is 34.2 Å². The third-order valence-corrected chi connectivity index (χ3v) is 5.09. The molecule has 1 aromatic heterocycles. The highest BCUT2D eigenvalue weighted by atomic mass is 79.9. The number of aromatic nitrogens is 1. The normalized spacial score (nSPS) is 11.0. The molecule has 0 aliphatic carbocycles. The van der Waals surface area contributed by atoms with E-state index in [0.29, 0.717) is 5.56 Å². The lowest BCUT2D eigenvalue weighted by Gasteiger charge is -2.02. The van der Waals surface area contributed by atoms with Crippen LogP contribution in [0.25, 0.3) is 0 Å². The first-order valence-electron chi connectivity index (χ1n) is 8.21. The lowest BCUT2D eigenvalue weighted by Crippen LogP contribution is -3.00. The van der Waals surface area contributed by atoms with Gasteiger partial charge in [0.25, 0.3) is 0 Å². The molecule has 0 amide bonds. The summed E-state index contributed by atoms with van der Waals surface area (Å²) in [6.07, 6.45) is 9.69. The molecule has 136 valence electrons. The summed E-state index contributed by atoms with van der Waals surface area (Å²) in [7, 11) is -3.24. The molecular formula is C19H24BrNO3S. The molecular weight excluding hydrogens is 402 g/mol. The highest BCUT2D eigenvalue weighted by Gasteiger charge is 2.14. The Kier molecular flexibility index (Phi) is 8.45. The Morgan fingerprint density at radius 3 is 2.12 bits per heavy atom. The van der Waals surface area contributed by atoms with Gasteiger partial charge in [0.1, 0.15) is 0 Å². The van der Waals surface area contributed by atoms with Crippen molar-refractivity contribution in [2.45, 2.75) is 44.0 Å². The van der Waals surface area contributed by atoms with Gasteiger partial charge in [-0.15, -0.1) is 0 Å². The molecule has 0 fully saturated rings. The highest BCUT2D eigenvalue weighted by molar-refractivity contribution is 7.90. The molecule has 2 rings (SSSR count). The van der Waals surface area contributed by atoms with Gasteiger partial charge >= 0.3 is 0 Å². The summed E-state index contributed by atoms with van der Waals surface area (Å²) >= 11 is 0. The van der Waals surface area contributed by atoms with Gasteiger partial charge in [-0.1, -0.05) is 19.8 Å². The number of sulfone groups is 1. The van der Waals surface area contributed by atoms with Gasteiger partial charge in [-0.05, 0) is 42.7 Å². The van der Waals surface area contributed by atoms with Gasteiger partial charge < -0.3 is 17.0 Å². The summed E-state index contributed by atoms with van der Waals surface area (Å²) in [5.41, 5.74) is 1.80. The van der Waals surface area contributed by atoms with Crippen LogP contribution in [-0.2, 0) is 22.8 Å². The molecule has 0 spiro atoms. The third-order valence-electron chi connectivity index (χ3n) is 3.96. The number of rotatable bonds is 8. The number of carbonyl (C=O) groups excluding carboxylic acids is 1. The quantitative estimate of drug-likeness (QED) is 0.339. The fraction of sp³-hybridized carbons (Fsp3) is 0.368. The minimum absolute atomic E-state index is 0. The van der Waals surface area contributed by atoms with Crippen molar-refractivity contribution in [3.05, 3.63) is 59.9 Å². The van der Waals surface area contributed by atoms with Crippen molar-refractivity contribution in [2.75, 3.05) is 6.26 Å². The standard InChI is InChI=1S/C19H24NO3S.BrH/c1-3-4-5-6-16-11-13-20(14-12-16)15-19(21)17-7-9-18(10-8-17)24(2,22)23;/h7-14H,3-6,15H2,1-2H3;1H/q+1;/p-1. The van der Waals surface area contributed by atoms with Crippen LogP contribution in [0.5, 0.6) is 0 Å². The van der Waals surface area contributed by atoms with Gasteiger partial charge in [0.2, 0.25) is 12.3 Å². The van der Waals surface area contributed by atoms with Crippen molar-refractivity contribution in [3.8, 4) is 0 Å². The smallest absolute Gasteiger partial charge is 0.227 e. The van der Waals surface area contributed by atoms with Crippen LogP contribution in [0.1, 0.15) is 42.1 Å². The summed E-state index contributed by atoms with van der Waals surface area (Å²) in [5, 5.41) is 0. The van der Waals surface area contributed by atoms with Crippen LogP contribution in [-0.4, -0.2) is 20.5 Å². The minimum Gasteiger partial charge on any atom is -1.00 e. The number of carbonyl (C=O) groups is 1. The molecule has 25 heavy (non-hydrogen) atoms. The van der Waals surface area contributed by atoms with Crippen molar-refractivity contribution < 1.29 is 34.8 Å². The predicted octanol–water partition coefficient (Wildman–Crippen LogP) is -0.00280. The number of pyridine rings is 1. The number of nitrogens with zero attached hydrogens (tertiary/aromatic N) is 1. The fourth-order valence-corrected chi connectivity index (χ4v) is 3.11. The van der Waals surface area contributed by atoms with Gasteiger partial charge in [-0.2, -0.15) is 4.57 Å². The Balaban J connectivity index is 0.00000312. The first kappa shape index (κ1) is 21.5. The maximum Gasteiger partial charge on any atom is 0.227 e. The maximum absolute atomic E-state index is 12.3. The molecule has 0 N–H and O–H groups in total. The van der Waals surface area contributed by atoms with Crippen LogP contribution >= 0.6 is 0 Å². The zero-order valence-corrected chi connectivity index (χ0v) is 17.0. The lowest BCUT2D eigenvalue weighted by atomic mass is 10.1. The minimum atomic E-state index is -3.24. The van der Waals surface area contributed by atoms with Crippen molar-refractivity contribution >= 4 is 15.6 Å². The van der Waals surface area contributed by atoms with Crippen molar-refractivity contribution in [3.63, 3.8) is 0 Å². The molecule has 0 radical (unpaired) electrons. The monoisotopic (exact) mass is 425 g/mol. The second kappa shape index (κ2) is 9.82. The van der Waals surface area contributed by atoms with Crippen molar-refractivity contribution in [2.24, 2.45) is 0 Å². The average Bonchev–Trinajstić information content (AvgIpc) is 2.56. The first-order valence-corrected chi connectivity index (χ1v) is 10.1. The molecule has 0 bridgehead atoms. The Hall–Kier alpha value is -1.53. The van der Waals surface area contributed by atoms with Gasteiger partial charge in [0.15, 0.2) is 22.2 Å². The molecule has 4 nitrogen and oxygen atoms in total. The summed E-state index contributed by atoms with van der Waals surface area (Å²) in [5.74, 6) is -0.0428. The highest BCUT2D eigenvalue weighted by Crippen LogP contribution is 2.11. The molecule has 0 aliphatic heterocycles. The zero-order chi connectivity index (χ0) is 17.6. The second-order valence-corrected chi connectivity index (χ2v) is 8.07. The lowest BCUT2D eigenvalue weighted by molar-refractivity contribution is -0.683. The van der Waals surface area contributed by atoms with Crippen molar-refractivity contribution in [1.29, 1.82) is 0 Å². The van der Waals surface area contributed by atoms with E-state index in [1.165, 1.54) is 37.0 Å². The summed E-state index contributed by atoms with van der Waals surface area (Å²) in [4.78, 5) is 12.5. The number of halogens is 1. The van der Waals surface area contributed by atoms with Crippen LogP contribution in [0, 0.1) is 0 Å². The largest absolute Gasteiger partial charge is 1.00 e. The topological polar surface area (TPSA) is 55.1 Å². The van der Waals surface area contributed by atoms with E-state index in [4.69, 9.17) is 0 Å². The van der Waals surface area contributed by atoms with Crippen LogP contribution in [0.4, 0.5) is 0 Å². The summed E-state index contributed by atoms with van der Waals surface area (Å²) in [6.45, 7) is 2.43. The molecule has 0 aliphatic rings. The number of Topliss-reactive ketones (excluding diaryl/α,β-unsaturated/α-hetero) is 1. The maximum atomic E-state index is 12.3. The molecule has 0 saturated carbocycles. The molecule has 2 aromatic rings.